The number of hydrogen-bond donors (Lipinski definition) is 4. The molecule has 4 nitrogen and oxygen atoms in total. The van der Waals surface area contributed by atoms with Crippen LogP contribution in [-0.2, 0) is 0 Å². The Labute approximate surface area is 208 Å². The van der Waals surface area contributed by atoms with Gasteiger partial charge in [-0.3, -0.25) is 0 Å². The molecule has 1 aliphatic heterocycles. The maximum absolute atomic E-state index is 3.69. The Balaban J connectivity index is 0.000000255. The first-order valence-corrected chi connectivity index (χ1v) is 14.3. The fourth-order valence-corrected chi connectivity index (χ4v) is 6.44. The molecule has 3 aliphatic rings. The average molecular weight is 467 g/mol. The Kier molecular flexibility index (Phi) is 14.1. The SMILES string of the molecule is CC(C)NC1CC(C)(C)CC(C)(C)C1.CC(C)NC1CCCCC1.CC(C)NC1CCNC1. The van der Waals surface area contributed by atoms with Crippen LogP contribution < -0.4 is 21.3 Å². The van der Waals surface area contributed by atoms with E-state index in [9.17, 15) is 0 Å². The van der Waals surface area contributed by atoms with Crippen molar-refractivity contribution in [3.05, 3.63) is 0 Å². The summed E-state index contributed by atoms with van der Waals surface area (Å²) in [4.78, 5) is 0. The van der Waals surface area contributed by atoms with Gasteiger partial charge >= 0.3 is 0 Å². The molecule has 0 spiro atoms. The molecule has 1 atom stereocenters. The fourth-order valence-electron chi connectivity index (χ4n) is 6.44. The monoisotopic (exact) mass is 466 g/mol. The van der Waals surface area contributed by atoms with Gasteiger partial charge < -0.3 is 21.3 Å². The van der Waals surface area contributed by atoms with Crippen LogP contribution in [-0.4, -0.2) is 49.3 Å². The molecule has 1 heterocycles. The van der Waals surface area contributed by atoms with E-state index in [0.717, 1.165) is 18.6 Å². The van der Waals surface area contributed by atoms with Gasteiger partial charge in [0.2, 0.25) is 0 Å². The highest BCUT2D eigenvalue weighted by Crippen LogP contribution is 2.45. The van der Waals surface area contributed by atoms with Crippen LogP contribution in [0.4, 0.5) is 0 Å². The highest BCUT2D eigenvalue weighted by atomic mass is 15.0. The predicted molar refractivity (Wildman–Crippen MR) is 148 cm³/mol. The fraction of sp³-hybridized carbons (Fsp3) is 1.00. The summed E-state index contributed by atoms with van der Waals surface area (Å²) in [5.41, 5.74) is 1.02. The summed E-state index contributed by atoms with van der Waals surface area (Å²) in [5.74, 6) is 0. The molecule has 0 amide bonds. The topological polar surface area (TPSA) is 48.1 Å². The number of rotatable bonds is 6. The van der Waals surface area contributed by atoms with Gasteiger partial charge in [0.05, 0.1) is 0 Å². The zero-order chi connectivity index (χ0) is 25.1. The first kappa shape index (κ1) is 30.9. The number of hydrogen-bond acceptors (Lipinski definition) is 4. The second-order valence-electron chi connectivity index (χ2n) is 13.6. The zero-order valence-electron chi connectivity index (χ0n) is 24.2. The molecule has 1 unspecified atom stereocenters. The normalized spacial score (nSPS) is 25.5. The summed E-state index contributed by atoms with van der Waals surface area (Å²) in [7, 11) is 0. The van der Waals surface area contributed by atoms with Gasteiger partial charge in [0.15, 0.2) is 0 Å². The lowest BCUT2D eigenvalue weighted by molar-refractivity contribution is 0.0820. The molecular weight excluding hydrogens is 404 g/mol. The maximum atomic E-state index is 3.69. The zero-order valence-corrected chi connectivity index (χ0v) is 24.2. The van der Waals surface area contributed by atoms with Crippen LogP contribution in [0.25, 0.3) is 0 Å². The highest BCUT2D eigenvalue weighted by Gasteiger charge is 2.38. The molecule has 3 fully saturated rings. The van der Waals surface area contributed by atoms with Gasteiger partial charge in [-0.2, -0.15) is 0 Å². The van der Waals surface area contributed by atoms with Crippen LogP contribution >= 0.6 is 0 Å². The van der Waals surface area contributed by atoms with E-state index in [1.54, 1.807) is 0 Å². The molecule has 2 aliphatic carbocycles. The minimum Gasteiger partial charge on any atom is -0.315 e. The van der Waals surface area contributed by atoms with Crippen molar-refractivity contribution >= 4 is 0 Å². The van der Waals surface area contributed by atoms with Crippen LogP contribution in [0.1, 0.15) is 127 Å². The van der Waals surface area contributed by atoms with Crippen LogP contribution in [0.3, 0.4) is 0 Å². The number of nitrogens with one attached hydrogen (secondary N) is 4. The van der Waals surface area contributed by atoms with Crippen LogP contribution in [0.5, 0.6) is 0 Å². The van der Waals surface area contributed by atoms with E-state index in [1.807, 2.05) is 0 Å². The van der Waals surface area contributed by atoms with Crippen molar-refractivity contribution in [3.8, 4) is 0 Å². The third-order valence-corrected chi connectivity index (χ3v) is 6.93. The van der Waals surface area contributed by atoms with Crippen molar-refractivity contribution in [1.82, 2.24) is 21.3 Å². The minimum absolute atomic E-state index is 0.508. The largest absolute Gasteiger partial charge is 0.315 e. The first-order valence-electron chi connectivity index (χ1n) is 14.3. The molecule has 33 heavy (non-hydrogen) atoms. The van der Waals surface area contributed by atoms with Crippen LogP contribution in [0.15, 0.2) is 0 Å². The van der Waals surface area contributed by atoms with Crippen molar-refractivity contribution in [1.29, 1.82) is 0 Å². The molecule has 0 aromatic rings. The highest BCUT2D eigenvalue weighted by molar-refractivity contribution is 4.92. The summed E-state index contributed by atoms with van der Waals surface area (Å²) in [6.07, 6.45) is 12.4. The summed E-state index contributed by atoms with van der Waals surface area (Å²) in [6.45, 7) is 25.3. The lowest BCUT2D eigenvalue weighted by Crippen LogP contribution is -2.46. The third-order valence-electron chi connectivity index (χ3n) is 6.93. The van der Waals surface area contributed by atoms with E-state index >= 15 is 0 Å². The molecule has 1 saturated heterocycles. The van der Waals surface area contributed by atoms with Crippen molar-refractivity contribution in [2.24, 2.45) is 10.8 Å². The Morgan fingerprint density at radius 1 is 0.606 bits per heavy atom. The lowest BCUT2D eigenvalue weighted by Gasteiger charge is -2.45. The van der Waals surface area contributed by atoms with E-state index in [2.05, 4.69) is 90.5 Å². The van der Waals surface area contributed by atoms with Gasteiger partial charge in [-0.1, -0.05) is 88.5 Å². The quantitative estimate of drug-likeness (QED) is 0.373. The van der Waals surface area contributed by atoms with E-state index in [-0.39, 0.29) is 0 Å². The van der Waals surface area contributed by atoms with E-state index in [0.29, 0.717) is 35.0 Å². The molecule has 2 saturated carbocycles. The molecule has 0 bridgehead atoms. The smallest absolute Gasteiger partial charge is 0.0206 e. The van der Waals surface area contributed by atoms with Gasteiger partial charge in [-0.15, -0.1) is 0 Å². The Hall–Kier alpha value is -0.160. The molecule has 0 radical (unpaired) electrons. The molecule has 3 rings (SSSR count). The molecule has 0 aromatic carbocycles. The minimum atomic E-state index is 0.508. The Morgan fingerprint density at radius 3 is 1.48 bits per heavy atom. The molecule has 198 valence electrons. The average Bonchev–Trinajstić information content (AvgIpc) is 3.12. The molecule has 4 N–H and O–H groups in total. The first-order chi connectivity index (χ1) is 15.3. The van der Waals surface area contributed by atoms with Gasteiger partial charge in [0.1, 0.15) is 0 Å². The van der Waals surface area contributed by atoms with Gasteiger partial charge in [-0.25, -0.2) is 0 Å². The Morgan fingerprint density at radius 2 is 1.06 bits per heavy atom. The second-order valence-corrected chi connectivity index (χ2v) is 13.6. The standard InChI is InChI=1S/C13H27N.C9H19N.C7H16N2/c1-10(2)14-11-7-12(3,4)9-13(5,6)8-11;1-8(2)10-9-6-4-3-5-7-9;1-6(2)9-7-3-4-8-5-7/h10-11,14H,7-9H2,1-6H3;8-10H,3-7H2,1-2H3;6-9H,3-5H2,1-2H3. The van der Waals surface area contributed by atoms with Crippen LogP contribution in [0, 0.1) is 10.8 Å². The summed E-state index contributed by atoms with van der Waals surface area (Å²) >= 11 is 0. The third kappa shape index (κ3) is 15.4. The van der Waals surface area contributed by atoms with Gasteiger partial charge in [0, 0.05) is 42.8 Å². The van der Waals surface area contributed by atoms with E-state index in [1.165, 1.54) is 64.3 Å². The van der Waals surface area contributed by atoms with Crippen molar-refractivity contribution in [3.63, 3.8) is 0 Å². The molecular formula is C29H62N4. The van der Waals surface area contributed by atoms with E-state index < -0.39 is 0 Å². The maximum Gasteiger partial charge on any atom is 0.0206 e. The van der Waals surface area contributed by atoms with Gasteiger partial charge in [0.25, 0.3) is 0 Å². The van der Waals surface area contributed by atoms with Crippen molar-refractivity contribution in [2.45, 2.75) is 163 Å². The van der Waals surface area contributed by atoms with E-state index in [4.69, 9.17) is 0 Å². The summed E-state index contributed by atoms with van der Waals surface area (Å²) in [6, 6.07) is 4.19. The lowest BCUT2D eigenvalue weighted by atomic mass is 9.63. The summed E-state index contributed by atoms with van der Waals surface area (Å²) in [5, 5.41) is 14.1. The second kappa shape index (κ2) is 15.1. The van der Waals surface area contributed by atoms with Crippen molar-refractivity contribution < 1.29 is 0 Å². The summed E-state index contributed by atoms with van der Waals surface area (Å²) < 4.78 is 0. The van der Waals surface area contributed by atoms with Crippen LogP contribution in [0.2, 0.25) is 0 Å². The Bertz CT molecular complexity index is 470. The van der Waals surface area contributed by atoms with Gasteiger partial charge in [-0.05, 0) is 55.9 Å². The molecule has 4 heteroatoms. The molecule has 0 aromatic heterocycles. The van der Waals surface area contributed by atoms with Crippen molar-refractivity contribution in [2.75, 3.05) is 13.1 Å². The predicted octanol–water partition coefficient (Wildman–Crippen LogP) is 6.25.